The smallest absolute Gasteiger partial charge is 0.252 e. The minimum Gasteiger partial charge on any atom is -0.353 e. The van der Waals surface area contributed by atoms with Crippen LogP contribution in [0.15, 0.2) is 54.6 Å². The zero-order chi connectivity index (χ0) is 25.0. The predicted molar refractivity (Wildman–Crippen MR) is 137 cm³/mol. The first-order valence-electron chi connectivity index (χ1n) is 12.0. The van der Waals surface area contributed by atoms with Gasteiger partial charge in [-0.25, -0.2) is 5.48 Å². The standard InChI is InChI=1S/C28H33N3O4/c1-20-6-13-23(14-7-20)25(28(34)30-24-15-16-24)19-22-10-8-21(9-11-22)12-17-26(32)29-18-4-2-3-5-27(33)31-35/h6-14,17,19,24,35H,2-5,15-16,18H2,1H3,(H,29,32)(H,30,34)(H,31,33)/b17-12+,25-19+. The highest BCUT2D eigenvalue weighted by atomic mass is 16.5. The normalized spacial score (nSPS) is 13.5. The molecular weight excluding hydrogens is 442 g/mol. The summed E-state index contributed by atoms with van der Waals surface area (Å²) in [7, 11) is 0. The molecule has 184 valence electrons. The van der Waals surface area contributed by atoms with E-state index in [0.29, 0.717) is 18.5 Å². The number of carbonyl (C=O) groups is 3. The summed E-state index contributed by atoms with van der Waals surface area (Å²) in [4.78, 5) is 35.8. The Morgan fingerprint density at radius 3 is 2.29 bits per heavy atom. The number of hydrogen-bond acceptors (Lipinski definition) is 4. The van der Waals surface area contributed by atoms with E-state index < -0.39 is 5.91 Å². The average Bonchev–Trinajstić information content (AvgIpc) is 3.68. The van der Waals surface area contributed by atoms with E-state index in [1.807, 2.05) is 61.5 Å². The number of rotatable bonds is 12. The van der Waals surface area contributed by atoms with Crippen molar-refractivity contribution >= 4 is 35.4 Å². The third kappa shape index (κ3) is 9.22. The molecule has 3 amide bonds. The third-order valence-electron chi connectivity index (χ3n) is 5.70. The second-order valence-corrected chi connectivity index (χ2v) is 8.81. The molecule has 1 saturated carbocycles. The molecule has 0 atom stereocenters. The van der Waals surface area contributed by atoms with E-state index in [2.05, 4.69) is 10.6 Å². The van der Waals surface area contributed by atoms with Crippen LogP contribution in [0.25, 0.3) is 17.7 Å². The minimum atomic E-state index is -0.397. The van der Waals surface area contributed by atoms with Gasteiger partial charge in [0.1, 0.15) is 0 Å². The van der Waals surface area contributed by atoms with E-state index in [1.165, 1.54) is 6.08 Å². The van der Waals surface area contributed by atoms with E-state index >= 15 is 0 Å². The van der Waals surface area contributed by atoms with Crippen molar-refractivity contribution in [1.29, 1.82) is 0 Å². The van der Waals surface area contributed by atoms with Gasteiger partial charge in [0, 0.05) is 30.7 Å². The first-order valence-corrected chi connectivity index (χ1v) is 12.0. The van der Waals surface area contributed by atoms with Crippen LogP contribution in [0.2, 0.25) is 0 Å². The maximum absolute atomic E-state index is 12.9. The number of unbranched alkanes of at least 4 members (excludes halogenated alkanes) is 2. The lowest BCUT2D eigenvalue weighted by atomic mass is 10.00. The fourth-order valence-electron chi connectivity index (χ4n) is 3.46. The molecule has 0 spiro atoms. The number of hydrogen-bond donors (Lipinski definition) is 4. The van der Waals surface area contributed by atoms with Crippen LogP contribution in [-0.4, -0.2) is 35.5 Å². The second-order valence-electron chi connectivity index (χ2n) is 8.81. The van der Waals surface area contributed by atoms with Crippen LogP contribution >= 0.6 is 0 Å². The molecule has 0 saturated heterocycles. The fraction of sp³-hybridized carbons (Fsp3) is 0.321. The van der Waals surface area contributed by atoms with Crippen molar-refractivity contribution < 1.29 is 19.6 Å². The summed E-state index contributed by atoms with van der Waals surface area (Å²) in [6, 6.07) is 15.9. The quantitative estimate of drug-likeness (QED) is 0.122. The lowest BCUT2D eigenvalue weighted by Gasteiger charge is -2.10. The van der Waals surface area contributed by atoms with Crippen molar-refractivity contribution in [1.82, 2.24) is 16.1 Å². The fourth-order valence-corrected chi connectivity index (χ4v) is 3.46. The van der Waals surface area contributed by atoms with Gasteiger partial charge in [0.05, 0.1) is 0 Å². The van der Waals surface area contributed by atoms with Gasteiger partial charge in [0.2, 0.25) is 11.8 Å². The lowest BCUT2D eigenvalue weighted by molar-refractivity contribution is -0.129. The van der Waals surface area contributed by atoms with E-state index in [1.54, 1.807) is 11.6 Å². The summed E-state index contributed by atoms with van der Waals surface area (Å²) in [5, 5.41) is 14.3. The number of nitrogens with one attached hydrogen (secondary N) is 3. The summed E-state index contributed by atoms with van der Waals surface area (Å²) in [6.07, 6.45) is 9.68. The minimum absolute atomic E-state index is 0.0614. The van der Waals surface area contributed by atoms with Crippen molar-refractivity contribution in [2.75, 3.05) is 6.54 Å². The molecule has 1 aliphatic rings. The Hall–Kier alpha value is -3.71. The Labute approximate surface area is 206 Å². The first-order chi connectivity index (χ1) is 16.9. The van der Waals surface area contributed by atoms with Crippen molar-refractivity contribution in [2.24, 2.45) is 0 Å². The Morgan fingerprint density at radius 1 is 0.943 bits per heavy atom. The maximum atomic E-state index is 12.9. The van der Waals surface area contributed by atoms with Gasteiger partial charge < -0.3 is 10.6 Å². The number of amides is 3. The second kappa shape index (κ2) is 13.2. The molecule has 0 aliphatic heterocycles. The van der Waals surface area contributed by atoms with E-state index in [4.69, 9.17) is 5.21 Å². The highest BCUT2D eigenvalue weighted by Gasteiger charge is 2.25. The summed E-state index contributed by atoms with van der Waals surface area (Å²) >= 11 is 0. The van der Waals surface area contributed by atoms with Crippen molar-refractivity contribution in [3.8, 4) is 0 Å². The van der Waals surface area contributed by atoms with E-state index in [9.17, 15) is 14.4 Å². The third-order valence-corrected chi connectivity index (χ3v) is 5.70. The van der Waals surface area contributed by atoms with Gasteiger partial charge in [-0.05, 0) is 61.4 Å². The van der Waals surface area contributed by atoms with Gasteiger partial charge in [0.15, 0.2) is 0 Å². The molecule has 1 fully saturated rings. The van der Waals surface area contributed by atoms with Crippen molar-refractivity contribution in [3.05, 3.63) is 76.9 Å². The van der Waals surface area contributed by atoms with Crippen LogP contribution in [0.1, 0.15) is 60.8 Å². The molecule has 2 aromatic carbocycles. The van der Waals surface area contributed by atoms with Gasteiger partial charge in [-0.1, -0.05) is 60.5 Å². The topological polar surface area (TPSA) is 108 Å². The van der Waals surface area contributed by atoms with Crippen LogP contribution in [-0.2, 0) is 14.4 Å². The molecule has 1 aliphatic carbocycles. The van der Waals surface area contributed by atoms with Gasteiger partial charge >= 0.3 is 0 Å². The Balaban J connectivity index is 1.54. The summed E-state index contributed by atoms with van der Waals surface area (Å²) in [6.45, 7) is 2.55. The molecule has 7 nitrogen and oxygen atoms in total. The molecule has 0 bridgehead atoms. The van der Waals surface area contributed by atoms with E-state index in [-0.39, 0.29) is 24.3 Å². The molecule has 0 unspecified atom stereocenters. The molecule has 0 aromatic heterocycles. The van der Waals surface area contributed by atoms with Gasteiger partial charge in [-0.2, -0.15) is 0 Å². The molecule has 4 N–H and O–H groups in total. The Bertz CT molecular complexity index is 1070. The summed E-state index contributed by atoms with van der Waals surface area (Å²) in [5.41, 5.74) is 6.05. The maximum Gasteiger partial charge on any atom is 0.252 e. The van der Waals surface area contributed by atoms with Crippen LogP contribution in [0, 0.1) is 6.92 Å². The van der Waals surface area contributed by atoms with Crippen molar-refractivity contribution in [2.45, 2.75) is 51.5 Å². The molecular formula is C28H33N3O4. The largest absolute Gasteiger partial charge is 0.353 e. The number of carbonyl (C=O) groups excluding carboxylic acids is 3. The van der Waals surface area contributed by atoms with Crippen LogP contribution in [0.3, 0.4) is 0 Å². The zero-order valence-electron chi connectivity index (χ0n) is 20.0. The van der Waals surface area contributed by atoms with E-state index in [0.717, 1.165) is 47.9 Å². The molecule has 2 aromatic rings. The number of hydroxylamine groups is 1. The van der Waals surface area contributed by atoms with Gasteiger partial charge in [-0.15, -0.1) is 0 Å². The van der Waals surface area contributed by atoms with Gasteiger partial charge in [-0.3, -0.25) is 19.6 Å². The Morgan fingerprint density at radius 2 is 1.63 bits per heavy atom. The zero-order valence-corrected chi connectivity index (χ0v) is 20.0. The highest BCUT2D eigenvalue weighted by molar-refractivity contribution is 6.24. The molecule has 3 rings (SSSR count). The lowest BCUT2D eigenvalue weighted by Crippen LogP contribution is -2.26. The summed E-state index contributed by atoms with van der Waals surface area (Å²) in [5.74, 6) is -0.638. The summed E-state index contributed by atoms with van der Waals surface area (Å²) < 4.78 is 0. The van der Waals surface area contributed by atoms with Crippen molar-refractivity contribution in [3.63, 3.8) is 0 Å². The first kappa shape index (κ1) is 25.9. The van der Waals surface area contributed by atoms with Crippen LogP contribution in [0.4, 0.5) is 0 Å². The molecule has 0 heterocycles. The molecule has 35 heavy (non-hydrogen) atoms. The number of aryl methyl sites for hydroxylation is 1. The van der Waals surface area contributed by atoms with Crippen LogP contribution in [0.5, 0.6) is 0 Å². The highest BCUT2D eigenvalue weighted by Crippen LogP contribution is 2.24. The molecule has 7 heteroatoms. The average molecular weight is 476 g/mol. The monoisotopic (exact) mass is 475 g/mol. The predicted octanol–water partition coefficient (Wildman–Crippen LogP) is 4.01. The Kier molecular flexibility index (Phi) is 9.80. The van der Waals surface area contributed by atoms with Gasteiger partial charge in [0.25, 0.3) is 5.91 Å². The number of benzene rings is 2. The SMILES string of the molecule is Cc1ccc(/C(=C\c2ccc(/C=C/C(=O)NCCCCCC(=O)NO)cc2)C(=O)NC2CC2)cc1. The molecule has 0 radical (unpaired) electrons. The van der Waals surface area contributed by atoms with Crippen LogP contribution < -0.4 is 16.1 Å².